The number of rotatable bonds is 8. The van der Waals surface area contributed by atoms with Gasteiger partial charge in [-0.15, -0.1) is 0 Å². The Balaban J connectivity index is 1.37. The SMILES string of the molecule is O=C(c1ccc(Oc2ccccc2)cc1Cl)c1c[nH]c2ncnc(NCC3CCCC(CO)N3)c12. The van der Waals surface area contributed by atoms with E-state index in [1.165, 1.54) is 6.33 Å². The Bertz CT molecular complexity index is 1330. The van der Waals surface area contributed by atoms with E-state index in [0.29, 0.717) is 51.0 Å². The molecule has 2 aromatic carbocycles. The monoisotopic (exact) mass is 491 g/mol. The number of carbonyl (C=O) groups excluding carboxylic acids is 1. The summed E-state index contributed by atoms with van der Waals surface area (Å²) in [4.78, 5) is 25.2. The molecule has 0 amide bonds. The number of aromatic amines is 1. The van der Waals surface area contributed by atoms with Crippen LogP contribution < -0.4 is 15.4 Å². The maximum Gasteiger partial charge on any atom is 0.196 e. The molecule has 3 heterocycles. The van der Waals surface area contributed by atoms with Gasteiger partial charge in [0.05, 0.1) is 22.6 Å². The Hall–Kier alpha value is -3.46. The van der Waals surface area contributed by atoms with Gasteiger partial charge in [-0.3, -0.25) is 4.79 Å². The standard InChI is InChI=1S/C26H26ClN5O3/c27-22-11-19(35-18-7-2-1-3-8-18)9-10-20(22)24(34)21-13-29-26-23(21)25(30-15-31-26)28-12-16-5-4-6-17(14-33)32-16/h1-3,7-11,13,15-17,32-33H,4-6,12,14H2,(H2,28,29,30,31). The van der Waals surface area contributed by atoms with Crippen LogP contribution in [-0.2, 0) is 0 Å². The van der Waals surface area contributed by atoms with Gasteiger partial charge in [-0.1, -0.05) is 36.2 Å². The molecule has 5 rings (SSSR count). The van der Waals surface area contributed by atoms with Gasteiger partial charge < -0.3 is 25.5 Å². The quantitative estimate of drug-likeness (QED) is 0.267. The fraction of sp³-hybridized carbons (Fsp3) is 0.269. The Morgan fingerprint density at radius 3 is 2.71 bits per heavy atom. The summed E-state index contributed by atoms with van der Waals surface area (Å²) in [6.07, 6.45) is 6.13. The fourth-order valence-corrected chi connectivity index (χ4v) is 4.68. The van der Waals surface area contributed by atoms with Crippen LogP contribution in [0.1, 0.15) is 35.2 Å². The maximum atomic E-state index is 13.5. The molecule has 1 saturated heterocycles. The molecule has 8 nitrogen and oxygen atoms in total. The van der Waals surface area contributed by atoms with Crippen molar-refractivity contribution in [3.8, 4) is 11.5 Å². The average Bonchev–Trinajstić information content (AvgIpc) is 3.33. The number of halogens is 1. The highest BCUT2D eigenvalue weighted by molar-refractivity contribution is 6.35. The second kappa shape index (κ2) is 10.4. The number of aliphatic hydroxyl groups excluding tert-OH is 1. The van der Waals surface area contributed by atoms with Crippen molar-refractivity contribution in [2.75, 3.05) is 18.5 Å². The van der Waals surface area contributed by atoms with Gasteiger partial charge in [-0.25, -0.2) is 9.97 Å². The molecule has 1 fully saturated rings. The van der Waals surface area contributed by atoms with Crippen molar-refractivity contribution in [3.63, 3.8) is 0 Å². The molecular formula is C26H26ClN5O3. The molecule has 2 unspecified atom stereocenters. The van der Waals surface area contributed by atoms with Gasteiger partial charge in [-0.05, 0) is 37.1 Å². The van der Waals surface area contributed by atoms with Crippen LogP contribution in [0.3, 0.4) is 0 Å². The van der Waals surface area contributed by atoms with E-state index in [4.69, 9.17) is 16.3 Å². The molecular weight excluding hydrogens is 466 g/mol. The molecule has 1 aliphatic rings. The zero-order chi connectivity index (χ0) is 24.2. The molecule has 0 bridgehead atoms. The number of aromatic nitrogens is 3. The molecule has 0 spiro atoms. The van der Waals surface area contributed by atoms with Crippen molar-refractivity contribution in [2.24, 2.45) is 0 Å². The molecule has 35 heavy (non-hydrogen) atoms. The minimum atomic E-state index is -0.235. The van der Waals surface area contributed by atoms with Crippen LogP contribution in [0.25, 0.3) is 11.0 Å². The van der Waals surface area contributed by atoms with Crippen LogP contribution in [0.2, 0.25) is 5.02 Å². The minimum Gasteiger partial charge on any atom is -0.457 e. The summed E-state index contributed by atoms with van der Waals surface area (Å²) in [5.74, 6) is 1.57. The van der Waals surface area contributed by atoms with Crippen LogP contribution in [0.15, 0.2) is 61.1 Å². The third-order valence-electron chi connectivity index (χ3n) is 6.19. The van der Waals surface area contributed by atoms with E-state index in [0.717, 1.165) is 19.3 Å². The summed E-state index contributed by atoms with van der Waals surface area (Å²) in [6.45, 7) is 0.744. The lowest BCUT2D eigenvalue weighted by Gasteiger charge is -2.30. The third-order valence-corrected chi connectivity index (χ3v) is 6.50. The number of aliphatic hydroxyl groups is 1. The van der Waals surface area contributed by atoms with Crippen molar-refractivity contribution < 1.29 is 14.6 Å². The number of anilines is 1. The van der Waals surface area contributed by atoms with Gasteiger partial charge in [0, 0.05) is 36.5 Å². The number of ether oxygens (including phenoxy) is 1. The number of carbonyl (C=O) groups is 1. The number of ketones is 1. The number of fused-ring (bicyclic) bond motifs is 1. The van der Waals surface area contributed by atoms with Gasteiger partial charge in [0.1, 0.15) is 29.3 Å². The first-order valence-electron chi connectivity index (χ1n) is 11.6. The molecule has 2 aromatic heterocycles. The van der Waals surface area contributed by atoms with E-state index >= 15 is 0 Å². The highest BCUT2D eigenvalue weighted by Gasteiger charge is 2.23. The number of piperidine rings is 1. The lowest BCUT2D eigenvalue weighted by atomic mass is 9.99. The second-order valence-corrected chi connectivity index (χ2v) is 9.00. The molecule has 0 saturated carbocycles. The molecule has 0 aliphatic carbocycles. The van der Waals surface area contributed by atoms with Crippen LogP contribution in [0.5, 0.6) is 11.5 Å². The van der Waals surface area contributed by atoms with Crippen LogP contribution in [-0.4, -0.2) is 51.1 Å². The number of hydrogen-bond acceptors (Lipinski definition) is 7. The average molecular weight is 492 g/mol. The topological polar surface area (TPSA) is 112 Å². The highest BCUT2D eigenvalue weighted by Crippen LogP contribution is 2.31. The van der Waals surface area contributed by atoms with Crippen molar-refractivity contribution in [2.45, 2.75) is 31.3 Å². The third kappa shape index (κ3) is 5.14. The van der Waals surface area contributed by atoms with Crippen LogP contribution in [0, 0.1) is 0 Å². The van der Waals surface area contributed by atoms with E-state index in [-0.39, 0.29) is 24.5 Å². The predicted molar refractivity (Wildman–Crippen MR) is 135 cm³/mol. The number of benzene rings is 2. The summed E-state index contributed by atoms with van der Waals surface area (Å²) in [6, 6.07) is 14.7. The Morgan fingerprint density at radius 2 is 1.91 bits per heavy atom. The van der Waals surface area contributed by atoms with E-state index in [1.54, 1.807) is 24.4 Å². The van der Waals surface area contributed by atoms with Gasteiger partial charge in [-0.2, -0.15) is 0 Å². The number of hydrogen-bond donors (Lipinski definition) is 4. The normalized spacial score (nSPS) is 17.9. The number of H-pyrrole nitrogens is 1. The molecule has 4 N–H and O–H groups in total. The summed E-state index contributed by atoms with van der Waals surface area (Å²) in [5, 5.41) is 17.2. The zero-order valence-corrected chi connectivity index (χ0v) is 19.8. The van der Waals surface area contributed by atoms with Crippen molar-refractivity contribution in [3.05, 3.63) is 77.2 Å². The Kier molecular flexibility index (Phi) is 6.94. The van der Waals surface area contributed by atoms with Gasteiger partial charge >= 0.3 is 0 Å². The second-order valence-electron chi connectivity index (χ2n) is 8.59. The summed E-state index contributed by atoms with van der Waals surface area (Å²) in [5.41, 5.74) is 1.37. The molecule has 2 atom stereocenters. The largest absolute Gasteiger partial charge is 0.457 e. The predicted octanol–water partition coefficient (Wildman–Crippen LogP) is 4.55. The van der Waals surface area contributed by atoms with E-state index in [9.17, 15) is 9.90 Å². The first kappa shape index (κ1) is 23.3. The molecule has 9 heteroatoms. The summed E-state index contributed by atoms with van der Waals surface area (Å²) in [7, 11) is 0. The van der Waals surface area contributed by atoms with Crippen molar-refractivity contribution in [1.82, 2.24) is 20.3 Å². The summed E-state index contributed by atoms with van der Waals surface area (Å²) >= 11 is 6.50. The lowest BCUT2D eigenvalue weighted by molar-refractivity contribution is 0.104. The lowest BCUT2D eigenvalue weighted by Crippen LogP contribution is -2.47. The van der Waals surface area contributed by atoms with E-state index in [2.05, 4.69) is 25.6 Å². The fourth-order valence-electron chi connectivity index (χ4n) is 4.42. The minimum absolute atomic E-state index is 0.112. The summed E-state index contributed by atoms with van der Waals surface area (Å²) < 4.78 is 5.83. The van der Waals surface area contributed by atoms with Crippen molar-refractivity contribution in [1.29, 1.82) is 0 Å². The van der Waals surface area contributed by atoms with E-state index in [1.807, 2.05) is 30.3 Å². The molecule has 180 valence electrons. The Morgan fingerprint density at radius 1 is 1.09 bits per heavy atom. The smallest absolute Gasteiger partial charge is 0.196 e. The number of nitrogens with one attached hydrogen (secondary N) is 3. The number of nitrogens with zero attached hydrogens (tertiary/aromatic N) is 2. The molecule has 4 aromatic rings. The van der Waals surface area contributed by atoms with Crippen LogP contribution in [0.4, 0.5) is 5.82 Å². The van der Waals surface area contributed by atoms with E-state index < -0.39 is 0 Å². The molecule has 0 radical (unpaired) electrons. The van der Waals surface area contributed by atoms with Gasteiger partial charge in [0.15, 0.2) is 5.78 Å². The first-order valence-corrected chi connectivity index (χ1v) is 12.0. The highest BCUT2D eigenvalue weighted by atomic mass is 35.5. The van der Waals surface area contributed by atoms with Gasteiger partial charge in [0.2, 0.25) is 0 Å². The zero-order valence-electron chi connectivity index (χ0n) is 19.0. The maximum absolute atomic E-state index is 13.5. The Labute approximate surface area is 207 Å². The van der Waals surface area contributed by atoms with Crippen LogP contribution >= 0.6 is 11.6 Å². The van der Waals surface area contributed by atoms with Gasteiger partial charge in [0.25, 0.3) is 0 Å². The molecule has 1 aliphatic heterocycles. The first-order chi connectivity index (χ1) is 17.1. The number of para-hydroxylation sites is 1. The van der Waals surface area contributed by atoms with Crippen molar-refractivity contribution >= 4 is 34.2 Å².